The molecule has 112 valence electrons. The third kappa shape index (κ3) is 3.93. The summed E-state index contributed by atoms with van der Waals surface area (Å²) in [4.78, 5) is 2.39. The van der Waals surface area contributed by atoms with Crippen molar-refractivity contribution in [3.05, 3.63) is 18.2 Å². The van der Waals surface area contributed by atoms with Gasteiger partial charge in [0.05, 0.1) is 24.8 Å². The Kier molecular flexibility index (Phi) is 5.80. The first kappa shape index (κ1) is 15.3. The molecular weight excluding hydrogens is 276 g/mol. The summed E-state index contributed by atoms with van der Waals surface area (Å²) in [7, 11) is 1.67. The SMILES string of the molecule is COc1cc(N2CCCCC2)ccc1NCC(O)CCl. The van der Waals surface area contributed by atoms with Crippen molar-refractivity contribution >= 4 is 23.0 Å². The number of hydrogen-bond acceptors (Lipinski definition) is 4. The average molecular weight is 299 g/mol. The number of benzene rings is 1. The van der Waals surface area contributed by atoms with Crippen molar-refractivity contribution in [3.63, 3.8) is 0 Å². The third-order valence-corrected chi connectivity index (χ3v) is 3.97. The van der Waals surface area contributed by atoms with Crippen LogP contribution in [0.3, 0.4) is 0 Å². The molecule has 1 aliphatic rings. The fourth-order valence-electron chi connectivity index (χ4n) is 2.46. The third-order valence-electron chi connectivity index (χ3n) is 3.61. The van der Waals surface area contributed by atoms with Gasteiger partial charge in [0.25, 0.3) is 0 Å². The van der Waals surface area contributed by atoms with E-state index < -0.39 is 6.10 Å². The van der Waals surface area contributed by atoms with Crippen molar-refractivity contribution in [2.75, 3.05) is 42.8 Å². The van der Waals surface area contributed by atoms with Gasteiger partial charge in [-0.15, -0.1) is 11.6 Å². The Hall–Kier alpha value is -1.13. The van der Waals surface area contributed by atoms with Gasteiger partial charge in [0.15, 0.2) is 0 Å². The summed E-state index contributed by atoms with van der Waals surface area (Å²) >= 11 is 5.59. The van der Waals surface area contributed by atoms with E-state index in [1.807, 2.05) is 6.07 Å². The van der Waals surface area contributed by atoms with Crippen LogP contribution in [0, 0.1) is 0 Å². The molecule has 1 atom stereocenters. The predicted octanol–water partition coefficient (Wildman–Crippen LogP) is 2.70. The number of nitrogens with zero attached hydrogens (tertiary/aromatic N) is 1. The number of alkyl halides is 1. The van der Waals surface area contributed by atoms with Crippen molar-refractivity contribution in [1.29, 1.82) is 0 Å². The molecule has 1 heterocycles. The number of methoxy groups -OCH3 is 1. The van der Waals surface area contributed by atoms with Gasteiger partial charge in [-0.3, -0.25) is 0 Å². The van der Waals surface area contributed by atoms with E-state index in [9.17, 15) is 5.11 Å². The summed E-state index contributed by atoms with van der Waals surface area (Å²) in [5.41, 5.74) is 2.09. The van der Waals surface area contributed by atoms with Crippen LogP contribution in [0.4, 0.5) is 11.4 Å². The number of rotatable bonds is 6. The highest BCUT2D eigenvalue weighted by atomic mass is 35.5. The fourth-order valence-corrected chi connectivity index (χ4v) is 2.57. The van der Waals surface area contributed by atoms with E-state index >= 15 is 0 Å². The number of ether oxygens (including phenoxy) is 1. The standard InChI is InChI=1S/C15H23ClN2O2/c1-20-15-9-12(18-7-3-2-4-8-18)5-6-14(15)17-11-13(19)10-16/h5-6,9,13,17,19H,2-4,7-8,10-11H2,1H3. The van der Waals surface area contributed by atoms with Crippen LogP contribution in [-0.2, 0) is 0 Å². The molecule has 1 aliphatic heterocycles. The monoisotopic (exact) mass is 298 g/mol. The van der Waals surface area contributed by atoms with Crippen LogP contribution in [0.5, 0.6) is 5.75 Å². The van der Waals surface area contributed by atoms with Crippen LogP contribution in [0.25, 0.3) is 0 Å². The molecule has 2 N–H and O–H groups in total. The Bertz CT molecular complexity index is 422. The van der Waals surface area contributed by atoms with E-state index in [2.05, 4.69) is 22.3 Å². The summed E-state index contributed by atoms with van der Waals surface area (Å²) in [6.07, 6.45) is 3.28. The van der Waals surface area contributed by atoms with Gasteiger partial charge in [0.1, 0.15) is 5.75 Å². The summed E-state index contributed by atoms with van der Waals surface area (Å²) < 4.78 is 5.44. The molecule has 0 aromatic heterocycles. The van der Waals surface area contributed by atoms with Crippen molar-refractivity contribution in [2.45, 2.75) is 25.4 Å². The number of nitrogens with one attached hydrogen (secondary N) is 1. The maximum atomic E-state index is 9.50. The predicted molar refractivity (Wildman–Crippen MR) is 84.3 cm³/mol. The Labute approximate surface area is 125 Å². The zero-order valence-corrected chi connectivity index (χ0v) is 12.7. The Morgan fingerprint density at radius 2 is 2.10 bits per heavy atom. The molecule has 0 amide bonds. The Morgan fingerprint density at radius 3 is 2.75 bits per heavy atom. The van der Waals surface area contributed by atoms with Crippen LogP contribution in [-0.4, -0.2) is 43.8 Å². The normalized spacial score (nSPS) is 16.9. The van der Waals surface area contributed by atoms with Gasteiger partial charge in [0, 0.05) is 31.4 Å². The van der Waals surface area contributed by atoms with E-state index in [4.69, 9.17) is 16.3 Å². The van der Waals surface area contributed by atoms with Crippen LogP contribution >= 0.6 is 11.6 Å². The van der Waals surface area contributed by atoms with E-state index in [0.29, 0.717) is 6.54 Å². The zero-order chi connectivity index (χ0) is 14.4. The molecule has 1 aromatic carbocycles. The number of halogens is 1. The highest BCUT2D eigenvalue weighted by Crippen LogP contribution is 2.31. The van der Waals surface area contributed by atoms with Gasteiger partial charge in [0.2, 0.25) is 0 Å². The molecule has 4 nitrogen and oxygen atoms in total. The molecule has 1 aromatic rings. The van der Waals surface area contributed by atoms with Crippen molar-refractivity contribution in [3.8, 4) is 5.75 Å². The smallest absolute Gasteiger partial charge is 0.144 e. The molecule has 1 saturated heterocycles. The lowest BCUT2D eigenvalue weighted by Crippen LogP contribution is -2.29. The first-order valence-corrected chi connectivity index (χ1v) is 7.69. The molecule has 1 fully saturated rings. The second-order valence-electron chi connectivity index (χ2n) is 5.12. The van der Waals surface area contributed by atoms with Crippen molar-refractivity contribution in [1.82, 2.24) is 0 Å². The molecule has 0 saturated carbocycles. The molecule has 5 heteroatoms. The van der Waals surface area contributed by atoms with Crippen LogP contribution in [0.15, 0.2) is 18.2 Å². The topological polar surface area (TPSA) is 44.7 Å². The molecule has 0 aliphatic carbocycles. The molecule has 0 bridgehead atoms. The lowest BCUT2D eigenvalue weighted by atomic mass is 10.1. The summed E-state index contributed by atoms with van der Waals surface area (Å²) in [5, 5.41) is 12.7. The van der Waals surface area contributed by atoms with Gasteiger partial charge in [-0.05, 0) is 31.4 Å². The fraction of sp³-hybridized carbons (Fsp3) is 0.600. The zero-order valence-electron chi connectivity index (χ0n) is 11.9. The van der Waals surface area contributed by atoms with E-state index in [1.165, 1.54) is 24.9 Å². The second kappa shape index (κ2) is 7.60. The number of hydrogen-bond donors (Lipinski definition) is 2. The number of anilines is 2. The van der Waals surface area contributed by atoms with Crippen molar-refractivity contribution in [2.24, 2.45) is 0 Å². The van der Waals surface area contributed by atoms with Gasteiger partial charge in [-0.2, -0.15) is 0 Å². The van der Waals surface area contributed by atoms with Gasteiger partial charge in [-0.25, -0.2) is 0 Å². The minimum atomic E-state index is -0.553. The minimum Gasteiger partial charge on any atom is -0.495 e. The van der Waals surface area contributed by atoms with Crippen molar-refractivity contribution < 1.29 is 9.84 Å². The minimum absolute atomic E-state index is 0.223. The van der Waals surface area contributed by atoms with Gasteiger partial charge >= 0.3 is 0 Å². The summed E-state index contributed by atoms with van der Waals surface area (Å²) in [6.45, 7) is 2.64. The van der Waals surface area contributed by atoms with Gasteiger partial charge in [-0.1, -0.05) is 0 Å². The first-order chi connectivity index (χ1) is 9.74. The second-order valence-corrected chi connectivity index (χ2v) is 5.43. The molecular formula is C15H23ClN2O2. The molecule has 2 rings (SSSR count). The quantitative estimate of drug-likeness (QED) is 0.793. The lowest BCUT2D eigenvalue weighted by molar-refractivity contribution is 0.211. The number of aliphatic hydroxyl groups is 1. The maximum absolute atomic E-state index is 9.50. The number of piperidine rings is 1. The highest BCUT2D eigenvalue weighted by molar-refractivity contribution is 6.18. The summed E-state index contributed by atoms with van der Waals surface area (Å²) in [5.74, 6) is 1.02. The van der Waals surface area contributed by atoms with Crippen LogP contribution < -0.4 is 15.0 Å². The van der Waals surface area contributed by atoms with E-state index in [1.54, 1.807) is 7.11 Å². The Morgan fingerprint density at radius 1 is 1.35 bits per heavy atom. The van der Waals surface area contributed by atoms with E-state index in [-0.39, 0.29) is 5.88 Å². The average Bonchev–Trinajstić information content (AvgIpc) is 2.53. The van der Waals surface area contributed by atoms with Crippen LogP contribution in [0.2, 0.25) is 0 Å². The largest absolute Gasteiger partial charge is 0.495 e. The highest BCUT2D eigenvalue weighted by Gasteiger charge is 2.13. The van der Waals surface area contributed by atoms with E-state index in [0.717, 1.165) is 24.5 Å². The molecule has 1 unspecified atom stereocenters. The Balaban J connectivity index is 2.06. The van der Waals surface area contributed by atoms with Gasteiger partial charge < -0.3 is 20.1 Å². The lowest BCUT2D eigenvalue weighted by Gasteiger charge is -2.29. The first-order valence-electron chi connectivity index (χ1n) is 7.15. The summed E-state index contributed by atoms with van der Waals surface area (Å²) in [6, 6.07) is 6.16. The molecule has 20 heavy (non-hydrogen) atoms. The maximum Gasteiger partial charge on any atom is 0.144 e. The number of aliphatic hydroxyl groups excluding tert-OH is 1. The molecule has 0 spiro atoms. The van der Waals surface area contributed by atoms with Crippen LogP contribution in [0.1, 0.15) is 19.3 Å². The molecule has 0 radical (unpaired) electrons.